The number of benzene rings is 1. The second kappa shape index (κ2) is 5.50. The number of aromatic amines is 1. The number of ether oxygens (including phenoxy) is 2. The Morgan fingerprint density at radius 1 is 1.43 bits per heavy atom. The van der Waals surface area contributed by atoms with E-state index in [1.54, 1.807) is 24.3 Å². The quantitative estimate of drug-likeness (QED) is 0.816. The van der Waals surface area contributed by atoms with Crippen LogP contribution in [0.25, 0.3) is 0 Å². The molecule has 0 bridgehead atoms. The molecule has 1 atom stereocenters. The zero-order valence-electron chi connectivity index (χ0n) is 12.6. The lowest BCUT2D eigenvalue weighted by Crippen LogP contribution is -2.21. The number of fused-ring (bicyclic) bond motifs is 1. The number of allylic oxidation sites excluding steroid dienone is 1. The van der Waals surface area contributed by atoms with Crippen molar-refractivity contribution in [3.05, 3.63) is 58.1 Å². The first-order chi connectivity index (χ1) is 11.1. The van der Waals surface area contributed by atoms with Crippen LogP contribution in [0.15, 0.2) is 35.7 Å². The van der Waals surface area contributed by atoms with Crippen LogP contribution in [-0.4, -0.2) is 23.3 Å². The molecule has 7 heteroatoms. The van der Waals surface area contributed by atoms with E-state index in [-0.39, 0.29) is 5.88 Å². The third kappa shape index (κ3) is 2.30. The standard InChI is InChI=1S/C16H14N4O3/c1-8-12-13(9-3-5-10(6-4-9)16(21)22-2)11(7-17)14(18)23-15(12)20-19-8/h3-6,13H,18H2,1-2H3,(H,19,20)/t13-/m1/s1. The van der Waals surface area contributed by atoms with E-state index in [0.717, 1.165) is 16.8 Å². The van der Waals surface area contributed by atoms with Gasteiger partial charge in [0.25, 0.3) is 0 Å². The van der Waals surface area contributed by atoms with Gasteiger partial charge in [-0.3, -0.25) is 5.10 Å². The van der Waals surface area contributed by atoms with Crippen LogP contribution < -0.4 is 10.5 Å². The van der Waals surface area contributed by atoms with Gasteiger partial charge in [0.05, 0.1) is 18.6 Å². The summed E-state index contributed by atoms with van der Waals surface area (Å²) in [6.45, 7) is 1.85. The Hall–Kier alpha value is -3.27. The molecule has 116 valence electrons. The summed E-state index contributed by atoms with van der Waals surface area (Å²) in [6, 6.07) is 8.94. The van der Waals surface area contributed by atoms with Crippen molar-refractivity contribution in [2.24, 2.45) is 5.73 Å². The molecule has 0 saturated heterocycles. The number of methoxy groups -OCH3 is 1. The summed E-state index contributed by atoms with van der Waals surface area (Å²) < 4.78 is 10.1. The van der Waals surface area contributed by atoms with Crippen molar-refractivity contribution in [3.8, 4) is 11.9 Å². The molecule has 0 saturated carbocycles. The van der Waals surface area contributed by atoms with Crippen LogP contribution in [0.2, 0.25) is 0 Å². The normalized spacial score (nSPS) is 16.3. The van der Waals surface area contributed by atoms with Crippen LogP contribution in [-0.2, 0) is 4.74 Å². The van der Waals surface area contributed by atoms with Gasteiger partial charge < -0.3 is 15.2 Å². The fourth-order valence-corrected chi connectivity index (χ4v) is 2.66. The van der Waals surface area contributed by atoms with Crippen LogP contribution in [0.5, 0.6) is 5.88 Å². The van der Waals surface area contributed by atoms with Crippen LogP contribution >= 0.6 is 0 Å². The Morgan fingerprint density at radius 2 is 2.13 bits per heavy atom. The number of nitrogens with one attached hydrogen (secondary N) is 1. The van der Waals surface area contributed by atoms with Crippen molar-refractivity contribution in [2.45, 2.75) is 12.8 Å². The molecule has 1 aromatic heterocycles. The van der Waals surface area contributed by atoms with Gasteiger partial charge in [-0.1, -0.05) is 12.1 Å². The highest BCUT2D eigenvalue weighted by Crippen LogP contribution is 2.42. The molecule has 23 heavy (non-hydrogen) atoms. The maximum atomic E-state index is 11.5. The fraction of sp³-hybridized carbons (Fsp3) is 0.188. The Morgan fingerprint density at radius 3 is 2.74 bits per heavy atom. The zero-order valence-corrected chi connectivity index (χ0v) is 12.6. The highest BCUT2D eigenvalue weighted by molar-refractivity contribution is 5.89. The van der Waals surface area contributed by atoms with Gasteiger partial charge in [0.1, 0.15) is 11.6 Å². The molecule has 2 aromatic rings. The van der Waals surface area contributed by atoms with Gasteiger partial charge in [0.2, 0.25) is 11.8 Å². The van der Waals surface area contributed by atoms with E-state index >= 15 is 0 Å². The third-order valence-electron chi connectivity index (χ3n) is 3.79. The number of rotatable bonds is 2. The van der Waals surface area contributed by atoms with Crippen LogP contribution in [0.3, 0.4) is 0 Å². The van der Waals surface area contributed by atoms with Gasteiger partial charge in [-0.25, -0.2) is 4.79 Å². The summed E-state index contributed by atoms with van der Waals surface area (Å²) in [5.41, 5.74) is 8.96. The second-order valence-corrected chi connectivity index (χ2v) is 5.11. The number of H-pyrrole nitrogens is 1. The lowest BCUT2D eigenvalue weighted by atomic mass is 9.84. The summed E-state index contributed by atoms with van der Waals surface area (Å²) in [7, 11) is 1.33. The monoisotopic (exact) mass is 310 g/mol. The Bertz CT molecular complexity index is 843. The number of carbonyl (C=O) groups excluding carboxylic acids is 1. The maximum absolute atomic E-state index is 11.5. The molecule has 0 aliphatic carbocycles. The number of aryl methyl sites for hydroxylation is 1. The van der Waals surface area contributed by atoms with E-state index in [4.69, 9.17) is 10.5 Å². The SMILES string of the molecule is COC(=O)c1ccc([C@@H]2C(C#N)=C(N)Oc3n[nH]c(C)c32)cc1. The molecule has 0 amide bonds. The molecule has 1 aliphatic heterocycles. The summed E-state index contributed by atoms with van der Waals surface area (Å²) in [5, 5.41) is 16.4. The minimum atomic E-state index is -0.417. The van der Waals surface area contributed by atoms with E-state index in [1.165, 1.54) is 7.11 Å². The molecule has 3 rings (SSSR count). The zero-order chi connectivity index (χ0) is 16.6. The van der Waals surface area contributed by atoms with Gasteiger partial charge >= 0.3 is 5.97 Å². The molecule has 1 aliphatic rings. The largest absolute Gasteiger partial charge is 0.465 e. The molecule has 3 N–H and O–H groups in total. The van der Waals surface area contributed by atoms with Crippen molar-refractivity contribution in [1.82, 2.24) is 10.2 Å². The van der Waals surface area contributed by atoms with E-state index in [9.17, 15) is 10.1 Å². The Kier molecular flexibility index (Phi) is 3.50. The smallest absolute Gasteiger partial charge is 0.337 e. The molecule has 1 aromatic carbocycles. The minimum Gasteiger partial charge on any atom is -0.465 e. The van der Waals surface area contributed by atoms with Gasteiger partial charge in [-0.2, -0.15) is 5.26 Å². The van der Waals surface area contributed by atoms with E-state index in [2.05, 4.69) is 21.0 Å². The van der Waals surface area contributed by atoms with Crippen LogP contribution in [0.4, 0.5) is 0 Å². The molecule has 2 heterocycles. The van der Waals surface area contributed by atoms with Crippen LogP contribution in [0.1, 0.15) is 33.1 Å². The number of aromatic nitrogens is 2. The van der Waals surface area contributed by atoms with E-state index < -0.39 is 11.9 Å². The molecule has 7 nitrogen and oxygen atoms in total. The maximum Gasteiger partial charge on any atom is 0.337 e. The van der Waals surface area contributed by atoms with Gasteiger partial charge in [-0.15, -0.1) is 5.10 Å². The topological polar surface area (TPSA) is 114 Å². The van der Waals surface area contributed by atoms with E-state index in [1.807, 2.05) is 6.92 Å². The lowest BCUT2D eigenvalue weighted by molar-refractivity contribution is 0.0600. The molecular weight excluding hydrogens is 296 g/mol. The summed E-state index contributed by atoms with van der Waals surface area (Å²) in [6.07, 6.45) is 0. The molecular formula is C16H14N4O3. The Labute approximate surface area is 132 Å². The minimum absolute atomic E-state index is 0.0357. The Balaban J connectivity index is 2.11. The van der Waals surface area contributed by atoms with Crippen molar-refractivity contribution < 1.29 is 14.3 Å². The highest BCUT2D eigenvalue weighted by Gasteiger charge is 2.34. The highest BCUT2D eigenvalue weighted by atomic mass is 16.5. The predicted octanol–water partition coefficient (Wildman–Crippen LogP) is 1.72. The van der Waals surface area contributed by atoms with Crippen molar-refractivity contribution >= 4 is 5.97 Å². The number of nitrogens with two attached hydrogens (primary N) is 1. The van der Waals surface area contributed by atoms with Crippen molar-refractivity contribution in [2.75, 3.05) is 7.11 Å². The molecule has 0 fully saturated rings. The van der Waals surface area contributed by atoms with Crippen molar-refractivity contribution in [3.63, 3.8) is 0 Å². The third-order valence-corrected chi connectivity index (χ3v) is 3.79. The number of hydrogen-bond donors (Lipinski definition) is 2. The number of nitriles is 1. The fourth-order valence-electron chi connectivity index (χ4n) is 2.66. The molecule has 0 radical (unpaired) electrons. The first kappa shape index (κ1) is 14.7. The lowest BCUT2D eigenvalue weighted by Gasteiger charge is -2.23. The molecule has 0 spiro atoms. The first-order valence-electron chi connectivity index (χ1n) is 6.87. The van der Waals surface area contributed by atoms with Crippen molar-refractivity contribution in [1.29, 1.82) is 5.26 Å². The predicted molar refractivity (Wildman–Crippen MR) is 80.4 cm³/mol. The summed E-state index contributed by atoms with van der Waals surface area (Å²) in [4.78, 5) is 11.5. The second-order valence-electron chi connectivity index (χ2n) is 5.11. The molecule has 0 unspecified atom stereocenters. The first-order valence-corrected chi connectivity index (χ1v) is 6.87. The van der Waals surface area contributed by atoms with Gasteiger partial charge in [0.15, 0.2) is 0 Å². The van der Waals surface area contributed by atoms with Gasteiger partial charge in [0, 0.05) is 11.3 Å². The summed E-state index contributed by atoms with van der Waals surface area (Å²) >= 11 is 0. The number of hydrogen-bond acceptors (Lipinski definition) is 6. The average Bonchev–Trinajstić information content (AvgIpc) is 2.93. The number of nitrogens with zero attached hydrogens (tertiary/aromatic N) is 2. The average molecular weight is 310 g/mol. The summed E-state index contributed by atoms with van der Waals surface area (Å²) in [5.74, 6) is -0.414. The number of esters is 1. The van der Waals surface area contributed by atoms with Gasteiger partial charge in [-0.05, 0) is 24.6 Å². The number of carbonyl (C=O) groups is 1. The van der Waals surface area contributed by atoms with E-state index in [0.29, 0.717) is 17.0 Å². The van der Waals surface area contributed by atoms with Crippen LogP contribution in [0, 0.1) is 18.3 Å².